The summed E-state index contributed by atoms with van der Waals surface area (Å²) in [7, 11) is 0. The third kappa shape index (κ3) is 1290. The summed E-state index contributed by atoms with van der Waals surface area (Å²) in [5, 5.41) is 61.0. The monoisotopic (exact) mass is 2400 g/mol. The first-order valence-corrected chi connectivity index (χ1v) is 18.0. The Kier molecular flexibility index (Phi) is 5660. The fraction of sp³-hybridized carbons (Fsp3) is 0.333. The van der Waals surface area contributed by atoms with Gasteiger partial charge in [-0.05, 0) is 41.5 Å². The van der Waals surface area contributed by atoms with Gasteiger partial charge in [0.15, 0.2) is 0 Å². The minimum atomic E-state index is -1.12. The molecule has 110 nitrogen and oxygen atoms in total. The number of carbonyl (C=O) groups excluding carboxylic acids is 6. The van der Waals surface area contributed by atoms with Crippen LogP contribution in [0, 0.1) is 0 Å². The van der Waals surface area contributed by atoms with Crippen molar-refractivity contribution in [2.24, 2.45) is 0 Å². The zero-order chi connectivity index (χ0) is 52.1. The minimum absolute atomic E-state index is 0. The Labute approximate surface area is 814 Å². The van der Waals surface area contributed by atoms with Crippen molar-refractivity contribution in [2.75, 3.05) is 39.6 Å². The van der Waals surface area contributed by atoms with Crippen LogP contribution in [0.4, 0.5) is 28.8 Å². The Morgan fingerprint density at radius 1 is 0.130 bits per heavy atom. The van der Waals surface area contributed by atoms with E-state index in [1.54, 1.807) is 41.5 Å². The van der Waals surface area contributed by atoms with Crippen LogP contribution in [-0.2, 0) is 57.2 Å². The summed E-state index contributed by atoms with van der Waals surface area (Å²) in [6, 6.07) is 0. The van der Waals surface area contributed by atoms with Gasteiger partial charge >= 0.3 is 72.4 Å². The zero-order valence-corrected chi connectivity index (χ0v) is 76.2. The number of amides is 6. The van der Waals surface area contributed by atoms with Gasteiger partial charge in [-0.25, -0.2) is 57.5 Å². The van der Waals surface area contributed by atoms with Crippen molar-refractivity contribution < 1.29 is 555 Å². The van der Waals surface area contributed by atoms with Crippen LogP contribution in [0.2, 0.25) is 0 Å². The van der Waals surface area contributed by atoms with Gasteiger partial charge in [0.2, 0.25) is 0 Å². The van der Waals surface area contributed by atoms with E-state index in [-0.39, 0.29) is 478 Å². The van der Waals surface area contributed by atoms with Gasteiger partial charge in [0, 0.05) is 73.7 Å². The summed E-state index contributed by atoms with van der Waals surface area (Å²) in [6.45, 7) is 11.5. The Balaban J connectivity index is -0.00000000317. The molecule has 0 aliphatic heterocycles. The van der Waals surface area contributed by atoms with Gasteiger partial charge in [0.05, 0.1) is 39.6 Å². The second-order valence-electron chi connectivity index (χ2n) is 9.22. The molecule has 172 N–H and O–H groups in total. The van der Waals surface area contributed by atoms with E-state index in [4.69, 9.17) is 30.6 Å². The maximum atomic E-state index is 10.4. The number of nitrogens with one attached hydrogen (secondary N) is 6. The van der Waals surface area contributed by atoms with Crippen molar-refractivity contribution in [3.63, 3.8) is 0 Å². The Hall–Kier alpha value is -12.3. The molecule has 0 aromatic carbocycles. The lowest BCUT2D eigenvalue weighted by Crippen LogP contribution is -2.18. The predicted molar refractivity (Wildman–Crippen MR) is 511 cm³/mol. The first-order chi connectivity index (χ1) is 31.0. The molecule has 0 radical (unpaired) electrons. The number of hydrogen-bond donors (Lipinski definition) is 12. The quantitative estimate of drug-likeness (QED) is 0.0448. The van der Waals surface area contributed by atoms with Crippen molar-refractivity contribution in [1.82, 2.24) is 31.9 Å². The Morgan fingerprint density at radius 3 is 0.212 bits per heavy atom. The van der Waals surface area contributed by atoms with Crippen LogP contribution < -0.4 is 31.9 Å². The molecule has 146 heavy (non-hydrogen) atoms. The SMILES string of the molecule is CCOC(=O)NC=CC(=O)O.CCOC(=O)NC=CC(=O)O.CCOC(=O)NC=CC(=O)O.CCOC(=O)NC=CC(=O)O.CCOC(=O)NC=CC(=O)O.CCOC(=O)NC=CC(=O)O.O.O.O.O.O.O.O.O.O.O.O.O.O.O.O.O.O.O.O.O.O.O.O.O.O.O.O.O.O.O.O.O.O.O.O.O.O.O.O.O.O.O.O.O.O.O.O.O.O.O.O.O.O.O.O.O.O.O.O.O.O.O.O.O.O.O.O.O.O.O.O.O.O.O.O.O.O.O.O.O. The van der Waals surface area contributed by atoms with Crippen molar-refractivity contribution in [3.8, 4) is 0 Å². The molecule has 0 aromatic heterocycles. The van der Waals surface area contributed by atoms with Gasteiger partial charge in [0.1, 0.15) is 0 Å². The predicted octanol–water partition coefficient (Wildman–Crippen LogP) is -64.0. The van der Waals surface area contributed by atoms with E-state index in [2.05, 4.69) is 60.3 Å². The summed E-state index contributed by atoms with van der Waals surface area (Å²) in [4.78, 5) is 122. The molecule has 0 spiro atoms. The van der Waals surface area contributed by atoms with Crippen LogP contribution in [0.25, 0.3) is 0 Å². The number of ether oxygens (including phenoxy) is 6. The van der Waals surface area contributed by atoms with E-state index in [0.29, 0.717) is 0 Å². The van der Waals surface area contributed by atoms with E-state index in [0.717, 1.165) is 73.7 Å². The summed E-state index contributed by atoms with van der Waals surface area (Å²) >= 11 is 0. The average Bonchev–Trinajstić information content (AvgIpc) is 3.19. The number of carbonyl (C=O) groups is 12. The maximum absolute atomic E-state index is 10.4. The van der Waals surface area contributed by atoms with Gasteiger partial charge in [-0.2, -0.15) is 0 Å². The molecular formula is C36H214N6O104. The topological polar surface area (TPSA) is 2970 Å². The minimum Gasteiger partial charge on any atom is -0.478 e. The highest BCUT2D eigenvalue weighted by Crippen LogP contribution is 1.81. The second-order valence-corrected chi connectivity index (χ2v) is 9.22. The molecule has 0 aliphatic rings. The van der Waals surface area contributed by atoms with Crippen LogP contribution in [0.3, 0.4) is 0 Å². The van der Waals surface area contributed by atoms with Crippen LogP contribution in [0.5, 0.6) is 0 Å². The standard InChI is InChI=1S/6C6H9NO4.80H2O/c6*1-2-11-6(10)7-4-3-5(8)9;;;;;;;;;;;;;;;;;;;;;;;;;;;;;;;;;;;;;;;;;;;;;;;;;;;;;;;;;;;;;;;;;;;;;;;;;;;;;;;;/h6*3-4H,2H2,1H3,(H,7,10)(H,8,9);80*1H2. The fourth-order valence-electron chi connectivity index (χ4n) is 2.12. The zero-order valence-electron chi connectivity index (χ0n) is 76.2. The van der Waals surface area contributed by atoms with Crippen molar-refractivity contribution in [2.45, 2.75) is 41.5 Å². The number of rotatable bonds is 18. The second kappa shape index (κ2) is 798. The summed E-state index contributed by atoms with van der Waals surface area (Å²) in [5.41, 5.74) is 0. The molecule has 0 rings (SSSR count). The van der Waals surface area contributed by atoms with Crippen LogP contribution in [0.15, 0.2) is 73.7 Å². The van der Waals surface area contributed by atoms with Crippen LogP contribution >= 0.6 is 0 Å². The smallest absolute Gasteiger partial charge is 0.411 e. The van der Waals surface area contributed by atoms with E-state index < -0.39 is 72.4 Å². The highest BCUT2D eigenvalue weighted by atomic mass is 16.6. The molecule has 0 bridgehead atoms. The average molecular weight is 2400 g/mol. The number of hydrogen-bond acceptors (Lipinski definition) is 18. The summed E-state index contributed by atoms with van der Waals surface area (Å²) < 4.78 is 26.6. The lowest BCUT2D eigenvalue weighted by Gasteiger charge is -1.97. The first kappa shape index (κ1) is 1040. The Bertz CT molecular complexity index is 1430. The number of carboxylic acids is 6. The van der Waals surface area contributed by atoms with E-state index in [1.165, 1.54) is 0 Å². The molecule has 0 saturated heterocycles. The maximum Gasteiger partial charge on any atom is 0.411 e. The molecular weight excluding hydrogens is 2180 g/mol. The molecule has 0 aromatic rings. The van der Waals surface area contributed by atoms with Gasteiger partial charge in [0.25, 0.3) is 0 Å². The first-order valence-electron chi connectivity index (χ1n) is 18.0. The van der Waals surface area contributed by atoms with E-state index in [1.807, 2.05) is 0 Å². The van der Waals surface area contributed by atoms with E-state index in [9.17, 15) is 57.5 Å². The summed E-state index contributed by atoms with van der Waals surface area (Å²) in [5.74, 6) is -6.74. The molecule has 6 amide bonds. The number of aliphatic carboxylic acids is 6. The van der Waals surface area contributed by atoms with E-state index >= 15 is 0 Å². The number of carboxylic acid groups (broad SMARTS) is 6. The summed E-state index contributed by atoms with van der Waals surface area (Å²) in [6.07, 6.45) is 6.84. The van der Waals surface area contributed by atoms with Crippen LogP contribution in [-0.4, -0.2) is 581 Å². The van der Waals surface area contributed by atoms with Crippen molar-refractivity contribution in [3.05, 3.63) is 73.7 Å². The third-order valence-corrected chi connectivity index (χ3v) is 4.22. The highest BCUT2D eigenvalue weighted by Gasteiger charge is 1.98. The molecule has 0 saturated carbocycles. The highest BCUT2D eigenvalue weighted by molar-refractivity contribution is 5.83. The molecule has 0 unspecified atom stereocenters. The fourth-order valence-corrected chi connectivity index (χ4v) is 2.12. The van der Waals surface area contributed by atoms with Crippen molar-refractivity contribution >= 4 is 72.4 Å². The van der Waals surface area contributed by atoms with Gasteiger partial charge in [-0.1, -0.05) is 0 Å². The lowest BCUT2D eigenvalue weighted by molar-refractivity contribution is -0.132. The Morgan fingerprint density at radius 2 is 0.178 bits per heavy atom. The van der Waals surface area contributed by atoms with Gasteiger partial charge in [-0.15, -0.1) is 0 Å². The van der Waals surface area contributed by atoms with Gasteiger partial charge < -0.3 is 497 Å². The van der Waals surface area contributed by atoms with Crippen molar-refractivity contribution in [1.29, 1.82) is 0 Å². The van der Waals surface area contributed by atoms with Crippen LogP contribution in [0.1, 0.15) is 41.5 Å². The third-order valence-electron chi connectivity index (χ3n) is 4.22. The molecule has 110 heteroatoms. The largest absolute Gasteiger partial charge is 0.478 e. The molecule has 0 aliphatic carbocycles. The number of alkyl carbamates (subject to hydrolysis) is 6. The van der Waals surface area contributed by atoms with Gasteiger partial charge in [-0.3, -0.25) is 31.9 Å². The molecule has 1012 valence electrons. The molecule has 0 fully saturated rings. The molecule has 0 heterocycles. The molecule has 0 atom stereocenters. The lowest BCUT2D eigenvalue weighted by atomic mass is 10.6. The normalized spacial score (nSPS) is 4.32.